The normalized spacial score (nSPS) is 17.3. The van der Waals surface area contributed by atoms with Crippen LogP contribution in [0.25, 0.3) is 10.2 Å². The number of nitrogens with zero attached hydrogens (tertiary/aromatic N) is 2. The van der Waals surface area contributed by atoms with Crippen molar-refractivity contribution >= 4 is 43.9 Å². The molecular weight excluding hydrogens is 352 g/mol. The maximum atomic E-state index is 13.1. The minimum Gasteiger partial charge on any atom is -0.376 e. The number of benzene rings is 1. The Labute approximate surface area is 155 Å². The average Bonchev–Trinajstić information content (AvgIpc) is 3.34. The zero-order valence-electron chi connectivity index (χ0n) is 14.3. The zero-order valence-corrected chi connectivity index (χ0v) is 16.0. The SMILES string of the molecule is Cc1cc2nc(N(CC3CCCO3)C(=O)c3cccs3)sc2cc1C. The van der Waals surface area contributed by atoms with Gasteiger partial charge in [0.15, 0.2) is 5.13 Å². The molecule has 6 heteroatoms. The minimum absolute atomic E-state index is 0.0120. The van der Waals surface area contributed by atoms with E-state index >= 15 is 0 Å². The molecule has 0 aliphatic carbocycles. The monoisotopic (exact) mass is 372 g/mol. The summed E-state index contributed by atoms with van der Waals surface area (Å²) in [4.78, 5) is 20.4. The summed E-state index contributed by atoms with van der Waals surface area (Å²) in [7, 11) is 0. The molecule has 0 spiro atoms. The van der Waals surface area contributed by atoms with Crippen LogP contribution in [0.4, 0.5) is 5.13 Å². The van der Waals surface area contributed by atoms with E-state index in [0.29, 0.717) is 6.54 Å². The molecule has 130 valence electrons. The third kappa shape index (κ3) is 3.34. The Kier molecular flexibility index (Phi) is 4.58. The molecule has 1 aromatic carbocycles. The fourth-order valence-corrected chi connectivity index (χ4v) is 4.78. The first kappa shape index (κ1) is 16.7. The minimum atomic E-state index is 0.0120. The van der Waals surface area contributed by atoms with Crippen molar-refractivity contribution in [3.05, 3.63) is 45.6 Å². The van der Waals surface area contributed by atoms with Crippen molar-refractivity contribution < 1.29 is 9.53 Å². The molecule has 1 unspecified atom stereocenters. The zero-order chi connectivity index (χ0) is 17.4. The lowest BCUT2D eigenvalue weighted by Gasteiger charge is -2.22. The molecule has 1 aliphatic rings. The van der Waals surface area contributed by atoms with Gasteiger partial charge in [-0.25, -0.2) is 4.98 Å². The Balaban J connectivity index is 1.72. The third-order valence-corrected chi connectivity index (χ3v) is 6.51. The second-order valence-corrected chi connectivity index (χ2v) is 8.39. The molecule has 0 radical (unpaired) electrons. The van der Waals surface area contributed by atoms with Gasteiger partial charge in [0, 0.05) is 6.61 Å². The highest BCUT2D eigenvalue weighted by molar-refractivity contribution is 7.22. The van der Waals surface area contributed by atoms with Crippen molar-refractivity contribution in [2.24, 2.45) is 0 Å². The summed E-state index contributed by atoms with van der Waals surface area (Å²) in [5, 5.41) is 2.69. The molecule has 1 saturated heterocycles. The van der Waals surface area contributed by atoms with Crippen molar-refractivity contribution in [1.82, 2.24) is 4.98 Å². The van der Waals surface area contributed by atoms with Crippen LogP contribution in [0, 0.1) is 13.8 Å². The first-order valence-electron chi connectivity index (χ1n) is 8.46. The number of fused-ring (bicyclic) bond motifs is 1. The van der Waals surface area contributed by atoms with E-state index in [9.17, 15) is 4.79 Å². The summed E-state index contributed by atoms with van der Waals surface area (Å²) >= 11 is 3.05. The lowest BCUT2D eigenvalue weighted by Crippen LogP contribution is -2.37. The maximum Gasteiger partial charge on any atom is 0.270 e. The fourth-order valence-electron chi connectivity index (χ4n) is 3.06. The summed E-state index contributed by atoms with van der Waals surface area (Å²) in [5.74, 6) is 0.0120. The van der Waals surface area contributed by atoms with E-state index in [1.165, 1.54) is 22.5 Å². The predicted octanol–water partition coefficient (Wildman–Crippen LogP) is 4.80. The van der Waals surface area contributed by atoms with Crippen LogP contribution >= 0.6 is 22.7 Å². The Morgan fingerprint density at radius 1 is 1.36 bits per heavy atom. The van der Waals surface area contributed by atoms with E-state index in [-0.39, 0.29) is 12.0 Å². The third-order valence-electron chi connectivity index (χ3n) is 4.61. The van der Waals surface area contributed by atoms with Gasteiger partial charge in [0.1, 0.15) is 0 Å². The van der Waals surface area contributed by atoms with Crippen LogP contribution in [0.1, 0.15) is 33.6 Å². The molecule has 1 atom stereocenters. The summed E-state index contributed by atoms with van der Waals surface area (Å²) in [6.07, 6.45) is 2.15. The molecule has 1 fully saturated rings. The number of carbonyl (C=O) groups is 1. The molecule has 1 aliphatic heterocycles. The van der Waals surface area contributed by atoms with Gasteiger partial charge in [-0.2, -0.15) is 0 Å². The molecule has 0 saturated carbocycles. The second kappa shape index (κ2) is 6.86. The summed E-state index contributed by atoms with van der Waals surface area (Å²) < 4.78 is 6.89. The van der Waals surface area contributed by atoms with Gasteiger partial charge >= 0.3 is 0 Å². The van der Waals surface area contributed by atoms with Gasteiger partial charge in [-0.05, 0) is 61.4 Å². The number of anilines is 1. The molecule has 3 heterocycles. The highest BCUT2D eigenvalue weighted by Gasteiger charge is 2.27. The lowest BCUT2D eigenvalue weighted by atomic mass is 10.1. The smallest absolute Gasteiger partial charge is 0.270 e. The Bertz CT molecular complexity index is 857. The van der Waals surface area contributed by atoms with Crippen LogP contribution in [-0.2, 0) is 4.74 Å². The van der Waals surface area contributed by atoms with Crippen molar-refractivity contribution in [2.45, 2.75) is 32.8 Å². The number of hydrogen-bond acceptors (Lipinski definition) is 5. The molecule has 1 amide bonds. The Morgan fingerprint density at radius 3 is 2.92 bits per heavy atom. The van der Waals surface area contributed by atoms with Crippen molar-refractivity contribution in [3.8, 4) is 0 Å². The van der Waals surface area contributed by atoms with Crippen LogP contribution in [0.5, 0.6) is 0 Å². The maximum absolute atomic E-state index is 13.1. The molecule has 0 N–H and O–H groups in total. The van der Waals surface area contributed by atoms with Crippen LogP contribution in [0.15, 0.2) is 29.6 Å². The molecule has 3 aromatic rings. The van der Waals surface area contributed by atoms with Gasteiger partial charge in [0.05, 0.1) is 27.7 Å². The number of thiophene rings is 1. The van der Waals surface area contributed by atoms with Gasteiger partial charge in [-0.15, -0.1) is 11.3 Å². The van der Waals surface area contributed by atoms with Gasteiger partial charge in [-0.3, -0.25) is 9.69 Å². The van der Waals surface area contributed by atoms with E-state index in [1.807, 2.05) is 17.5 Å². The van der Waals surface area contributed by atoms with Gasteiger partial charge in [0.25, 0.3) is 5.91 Å². The standard InChI is InChI=1S/C19H20N2O2S2/c1-12-9-15-17(10-13(12)2)25-19(20-15)21(11-14-5-3-7-23-14)18(22)16-6-4-8-24-16/h4,6,8-10,14H,3,5,7,11H2,1-2H3. The van der Waals surface area contributed by atoms with E-state index in [2.05, 4.69) is 26.0 Å². The number of aryl methyl sites for hydroxylation is 2. The fraction of sp³-hybridized carbons (Fsp3) is 0.368. The average molecular weight is 373 g/mol. The number of carbonyl (C=O) groups excluding carboxylic acids is 1. The second-order valence-electron chi connectivity index (χ2n) is 6.43. The number of rotatable bonds is 4. The van der Waals surface area contributed by atoms with E-state index in [1.54, 1.807) is 16.2 Å². The molecule has 4 nitrogen and oxygen atoms in total. The van der Waals surface area contributed by atoms with Gasteiger partial charge in [0.2, 0.25) is 0 Å². The first-order chi connectivity index (χ1) is 12.1. The highest BCUT2D eigenvalue weighted by Crippen LogP contribution is 2.32. The number of aromatic nitrogens is 1. The molecular formula is C19H20N2O2S2. The lowest BCUT2D eigenvalue weighted by molar-refractivity contribution is 0.0920. The first-order valence-corrected chi connectivity index (χ1v) is 10.2. The van der Waals surface area contributed by atoms with Gasteiger partial charge < -0.3 is 4.74 Å². The van der Waals surface area contributed by atoms with Crippen molar-refractivity contribution in [1.29, 1.82) is 0 Å². The largest absolute Gasteiger partial charge is 0.376 e. The predicted molar refractivity (Wildman–Crippen MR) is 104 cm³/mol. The highest BCUT2D eigenvalue weighted by atomic mass is 32.1. The van der Waals surface area contributed by atoms with E-state index in [0.717, 1.165) is 39.7 Å². The van der Waals surface area contributed by atoms with Crippen LogP contribution < -0.4 is 4.90 Å². The summed E-state index contributed by atoms with van der Waals surface area (Å²) in [6, 6.07) is 8.04. The summed E-state index contributed by atoms with van der Waals surface area (Å²) in [5.41, 5.74) is 3.43. The van der Waals surface area contributed by atoms with E-state index < -0.39 is 0 Å². The van der Waals surface area contributed by atoms with Crippen LogP contribution in [0.2, 0.25) is 0 Å². The van der Waals surface area contributed by atoms with Gasteiger partial charge in [-0.1, -0.05) is 17.4 Å². The van der Waals surface area contributed by atoms with Crippen LogP contribution in [0.3, 0.4) is 0 Å². The number of hydrogen-bond donors (Lipinski definition) is 0. The molecule has 25 heavy (non-hydrogen) atoms. The molecule has 0 bridgehead atoms. The number of ether oxygens (including phenoxy) is 1. The quantitative estimate of drug-likeness (QED) is 0.661. The molecule has 2 aromatic heterocycles. The van der Waals surface area contributed by atoms with Crippen molar-refractivity contribution in [2.75, 3.05) is 18.1 Å². The molecule has 4 rings (SSSR count). The number of amides is 1. The topological polar surface area (TPSA) is 42.4 Å². The summed E-state index contributed by atoms with van der Waals surface area (Å²) in [6.45, 7) is 5.54. The van der Waals surface area contributed by atoms with E-state index in [4.69, 9.17) is 9.72 Å². The Morgan fingerprint density at radius 2 is 2.20 bits per heavy atom. The van der Waals surface area contributed by atoms with Crippen molar-refractivity contribution in [3.63, 3.8) is 0 Å². The van der Waals surface area contributed by atoms with Crippen LogP contribution in [-0.4, -0.2) is 30.1 Å². The number of thiazole rings is 1. The Hall–Kier alpha value is -1.76.